The van der Waals surface area contributed by atoms with Gasteiger partial charge in [-0.05, 0) is 82.1 Å². The van der Waals surface area contributed by atoms with Crippen molar-refractivity contribution in [3.63, 3.8) is 0 Å². The molecule has 5 aliphatic rings. The van der Waals surface area contributed by atoms with Crippen molar-refractivity contribution >= 4 is 23.2 Å². The van der Waals surface area contributed by atoms with Crippen molar-refractivity contribution in [3.05, 3.63) is 33.9 Å². The van der Waals surface area contributed by atoms with Crippen LogP contribution in [0.25, 0.3) is 0 Å². The fourth-order valence-corrected chi connectivity index (χ4v) is 7.07. The van der Waals surface area contributed by atoms with Crippen molar-refractivity contribution < 1.29 is 14.5 Å². The number of rotatable bonds is 4. The fourth-order valence-electron chi connectivity index (χ4n) is 7.07. The Morgan fingerprint density at radius 2 is 1.77 bits per heavy atom. The van der Waals surface area contributed by atoms with Crippen LogP contribution in [-0.4, -0.2) is 34.2 Å². The molecule has 160 valence electrons. The van der Waals surface area contributed by atoms with Crippen LogP contribution < -0.4 is 5.32 Å². The zero-order chi connectivity index (χ0) is 21.0. The summed E-state index contributed by atoms with van der Waals surface area (Å²) in [5.74, 6) is 2.01. The molecule has 0 radical (unpaired) electrons. The maximum atomic E-state index is 13.7. The maximum absolute atomic E-state index is 13.7. The number of nitrogens with one attached hydrogen (secondary N) is 1. The molecule has 0 spiro atoms. The lowest BCUT2D eigenvalue weighted by Crippen LogP contribution is -2.56. The van der Waals surface area contributed by atoms with E-state index in [2.05, 4.69) is 5.32 Å². The molecule has 1 aromatic rings. The molecule has 1 saturated heterocycles. The van der Waals surface area contributed by atoms with Crippen molar-refractivity contribution in [2.24, 2.45) is 23.2 Å². The zero-order valence-electron chi connectivity index (χ0n) is 17.4. The van der Waals surface area contributed by atoms with Crippen LogP contribution in [0.5, 0.6) is 0 Å². The first kappa shape index (κ1) is 19.5. The van der Waals surface area contributed by atoms with Gasteiger partial charge in [0.1, 0.15) is 6.04 Å². The predicted molar refractivity (Wildman–Crippen MR) is 112 cm³/mol. The highest BCUT2D eigenvalue weighted by atomic mass is 16.6. The summed E-state index contributed by atoms with van der Waals surface area (Å²) in [6, 6.07) is 4.24. The van der Waals surface area contributed by atoms with Crippen LogP contribution in [0.15, 0.2) is 18.2 Å². The molecule has 5 fully saturated rings. The molecule has 1 atom stereocenters. The number of benzene rings is 1. The lowest BCUT2D eigenvalue weighted by Gasteiger charge is -2.56. The summed E-state index contributed by atoms with van der Waals surface area (Å²) in [7, 11) is 0. The van der Waals surface area contributed by atoms with Gasteiger partial charge in [0, 0.05) is 23.9 Å². The van der Waals surface area contributed by atoms with Gasteiger partial charge >= 0.3 is 0 Å². The summed E-state index contributed by atoms with van der Waals surface area (Å²) >= 11 is 0. The Hall–Kier alpha value is -2.44. The van der Waals surface area contributed by atoms with E-state index in [4.69, 9.17) is 0 Å². The molecular formula is C23H29N3O4. The minimum Gasteiger partial charge on any atom is -0.330 e. The van der Waals surface area contributed by atoms with Crippen LogP contribution in [0.2, 0.25) is 0 Å². The highest BCUT2D eigenvalue weighted by Gasteiger charge is 2.56. The number of amides is 2. The number of hydrogen-bond donors (Lipinski definition) is 1. The van der Waals surface area contributed by atoms with Crippen molar-refractivity contribution in [1.29, 1.82) is 0 Å². The van der Waals surface area contributed by atoms with Gasteiger partial charge in [-0.25, -0.2) is 0 Å². The average molecular weight is 412 g/mol. The molecule has 0 aromatic heterocycles. The number of hydrogen-bond acceptors (Lipinski definition) is 4. The van der Waals surface area contributed by atoms with E-state index in [1.165, 1.54) is 25.3 Å². The normalized spacial score (nSPS) is 34.2. The average Bonchev–Trinajstić information content (AvgIpc) is 3.17. The summed E-state index contributed by atoms with van der Waals surface area (Å²) < 4.78 is 0. The molecule has 0 unspecified atom stereocenters. The molecule has 4 aliphatic carbocycles. The summed E-state index contributed by atoms with van der Waals surface area (Å²) in [4.78, 5) is 39.3. The smallest absolute Gasteiger partial charge is 0.274 e. The fraction of sp³-hybridized carbons (Fsp3) is 0.652. The molecule has 1 N–H and O–H groups in total. The van der Waals surface area contributed by atoms with Crippen LogP contribution in [0.4, 0.5) is 11.4 Å². The molecule has 1 heterocycles. The number of nitro groups is 1. The molecule has 7 nitrogen and oxygen atoms in total. The van der Waals surface area contributed by atoms with Crippen LogP contribution in [0.3, 0.4) is 0 Å². The highest BCUT2D eigenvalue weighted by molar-refractivity contribution is 5.98. The molecular weight excluding hydrogens is 382 g/mol. The first-order valence-corrected chi connectivity index (χ1v) is 11.2. The minimum absolute atomic E-state index is 0.0132. The Bertz CT molecular complexity index is 876. The van der Waals surface area contributed by atoms with Crippen LogP contribution in [0, 0.1) is 40.2 Å². The second-order valence-electron chi connectivity index (χ2n) is 10.1. The van der Waals surface area contributed by atoms with Gasteiger partial charge in [0.25, 0.3) is 5.69 Å². The second kappa shape index (κ2) is 7.06. The molecule has 7 heteroatoms. The van der Waals surface area contributed by atoms with Crippen LogP contribution in [0.1, 0.15) is 56.9 Å². The highest BCUT2D eigenvalue weighted by Crippen LogP contribution is 2.60. The number of nitrogens with zero attached hydrogens (tertiary/aromatic N) is 2. The Balaban J connectivity index is 1.33. The third-order valence-corrected chi connectivity index (χ3v) is 7.98. The molecule has 2 amide bonds. The number of carbonyl (C=O) groups is 2. The Labute approximate surface area is 176 Å². The van der Waals surface area contributed by atoms with E-state index in [-0.39, 0.29) is 22.9 Å². The molecule has 1 aliphatic heterocycles. The van der Waals surface area contributed by atoms with Gasteiger partial charge in [0.05, 0.1) is 10.3 Å². The van der Waals surface area contributed by atoms with E-state index < -0.39 is 11.0 Å². The second-order valence-corrected chi connectivity index (χ2v) is 10.1. The van der Waals surface area contributed by atoms with E-state index in [9.17, 15) is 19.7 Å². The minimum atomic E-state index is -0.481. The summed E-state index contributed by atoms with van der Waals surface area (Å²) in [5, 5.41) is 14.0. The Kier molecular flexibility index (Phi) is 4.60. The molecule has 6 rings (SSSR count). The molecule has 30 heavy (non-hydrogen) atoms. The van der Waals surface area contributed by atoms with Gasteiger partial charge in [-0.15, -0.1) is 0 Å². The first-order chi connectivity index (χ1) is 14.3. The lowest BCUT2D eigenvalue weighted by molar-refractivity contribution is -0.385. The zero-order valence-corrected chi connectivity index (χ0v) is 17.4. The monoisotopic (exact) mass is 411 g/mol. The van der Waals surface area contributed by atoms with E-state index >= 15 is 0 Å². The number of carbonyl (C=O) groups excluding carboxylic acids is 2. The van der Waals surface area contributed by atoms with Crippen molar-refractivity contribution in [3.8, 4) is 0 Å². The number of aryl methyl sites for hydroxylation is 1. The lowest BCUT2D eigenvalue weighted by atomic mass is 9.49. The summed E-state index contributed by atoms with van der Waals surface area (Å²) in [6.45, 7) is 2.30. The van der Waals surface area contributed by atoms with Gasteiger partial charge in [0.2, 0.25) is 11.8 Å². The Morgan fingerprint density at radius 1 is 1.13 bits per heavy atom. The van der Waals surface area contributed by atoms with Crippen LogP contribution >= 0.6 is 0 Å². The van der Waals surface area contributed by atoms with E-state index in [0.717, 1.165) is 25.7 Å². The SMILES string of the molecule is Cc1ccc(NC(=O)[C@H]2CCCN2C(=O)C23CC4CC(CC(C4)C2)C3)cc1[N+](=O)[O-]. The largest absolute Gasteiger partial charge is 0.330 e. The van der Waals surface area contributed by atoms with Gasteiger partial charge in [0.15, 0.2) is 0 Å². The van der Waals surface area contributed by atoms with Crippen molar-refractivity contribution in [2.45, 2.75) is 64.3 Å². The maximum Gasteiger partial charge on any atom is 0.274 e. The first-order valence-electron chi connectivity index (χ1n) is 11.2. The number of anilines is 1. The quantitative estimate of drug-likeness (QED) is 0.598. The van der Waals surface area contributed by atoms with Gasteiger partial charge in [-0.3, -0.25) is 19.7 Å². The predicted octanol–water partition coefficient (Wildman–Crippen LogP) is 4.05. The van der Waals surface area contributed by atoms with Gasteiger partial charge in [-0.2, -0.15) is 0 Å². The summed E-state index contributed by atoms with van der Waals surface area (Å²) in [5.41, 5.74) is 0.699. The Morgan fingerprint density at radius 3 is 2.37 bits per heavy atom. The van der Waals surface area contributed by atoms with Gasteiger partial charge in [-0.1, -0.05) is 6.07 Å². The van der Waals surface area contributed by atoms with E-state index in [1.54, 1.807) is 19.1 Å². The third-order valence-electron chi connectivity index (χ3n) is 7.98. The van der Waals surface area contributed by atoms with E-state index in [1.807, 2.05) is 4.90 Å². The van der Waals surface area contributed by atoms with Crippen molar-refractivity contribution in [2.75, 3.05) is 11.9 Å². The third kappa shape index (κ3) is 3.19. The number of likely N-dealkylation sites (tertiary alicyclic amines) is 1. The number of nitro benzene ring substituents is 1. The topological polar surface area (TPSA) is 92.6 Å². The van der Waals surface area contributed by atoms with Crippen LogP contribution in [-0.2, 0) is 9.59 Å². The molecule has 4 bridgehead atoms. The molecule has 4 saturated carbocycles. The van der Waals surface area contributed by atoms with Crippen molar-refractivity contribution in [1.82, 2.24) is 4.90 Å². The molecule has 1 aromatic carbocycles. The standard InChI is InChI=1S/C23H29N3O4/c1-14-4-5-18(10-20(14)26(29)30)24-21(27)19-3-2-6-25(19)22(28)23-11-15-7-16(12-23)9-17(8-15)13-23/h4-5,10,15-17,19H,2-3,6-9,11-13H2,1H3,(H,24,27)/t15?,16?,17?,19-,23?/m1/s1. The van der Waals surface area contributed by atoms with E-state index in [0.29, 0.717) is 42.0 Å². The summed E-state index contributed by atoms with van der Waals surface area (Å²) in [6.07, 6.45) is 8.29. The van der Waals surface area contributed by atoms with Gasteiger partial charge < -0.3 is 10.2 Å².